The minimum absolute atomic E-state index is 0.0161. The molecule has 1 aliphatic heterocycles. The molecule has 1 aliphatic rings. The fraction of sp³-hybridized carbons (Fsp3) is 0.278. The molecule has 0 bridgehead atoms. The van der Waals surface area contributed by atoms with E-state index in [0.29, 0.717) is 5.56 Å². The van der Waals surface area contributed by atoms with E-state index < -0.39 is 0 Å². The highest BCUT2D eigenvalue weighted by Crippen LogP contribution is 2.21. The number of carbonyl (C=O) groups excluding carboxylic acids is 1. The van der Waals surface area contributed by atoms with Crippen molar-refractivity contribution in [2.45, 2.75) is 19.3 Å². The Morgan fingerprint density at radius 1 is 1.04 bits per heavy atom. The molecule has 0 aliphatic carbocycles. The van der Waals surface area contributed by atoms with E-state index in [9.17, 15) is 9.90 Å². The topological polar surface area (TPSA) is 71.2 Å². The lowest BCUT2D eigenvalue weighted by Gasteiger charge is -2.26. The van der Waals surface area contributed by atoms with Crippen molar-refractivity contribution in [3.05, 3.63) is 48.4 Å². The van der Waals surface area contributed by atoms with Crippen molar-refractivity contribution in [3.63, 3.8) is 0 Å². The predicted octanol–water partition coefficient (Wildman–Crippen LogP) is 2.75. The van der Waals surface area contributed by atoms with Crippen molar-refractivity contribution in [1.82, 2.24) is 19.4 Å². The molecule has 1 N–H and O–H groups in total. The second kappa shape index (κ2) is 5.96. The molecular weight excluding hydrogens is 304 g/mol. The van der Waals surface area contributed by atoms with Crippen LogP contribution in [0.4, 0.5) is 0 Å². The number of aromatic nitrogens is 3. The molecule has 4 heterocycles. The molecular formula is C18H18N4O2. The molecule has 6 nitrogen and oxygen atoms in total. The summed E-state index contributed by atoms with van der Waals surface area (Å²) in [7, 11) is 0. The van der Waals surface area contributed by atoms with Crippen molar-refractivity contribution >= 4 is 16.9 Å². The Balaban J connectivity index is 1.67. The number of rotatable bonds is 2. The van der Waals surface area contributed by atoms with Gasteiger partial charge in [-0.2, -0.15) is 0 Å². The number of nitrogens with zero attached hydrogens (tertiary/aromatic N) is 4. The third kappa shape index (κ3) is 2.60. The first kappa shape index (κ1) is 14.7. The summed E-state index contributed by atoms with van der Waals surface area (Å²) in [5, 5.41) is 10.2. The van der Waals surface area contributed by atoms with Crippen LogP contribution in [0.3, 0.4) is 0 Å². The smallest absolute Gasteiger partial charge is 0.255 e. The fourth-order valence-electron chi connectivity index (χ4n) is 3.15. The average molecular weight is 322 g/mol. The van der Waals surface area contributed by atoms with E-state index in [1.165, 1.54) is 12.5 Å². The van der Waals surface area contributed by atoms with Gasteiger partial charge in [-0.05, 0) is 37.5 Å². The summed E-state index contributed by atoms with van der Waals surface area (Å²) in [6.45, 7) is 1.66. The summed E-state index contributed by atoms with van der Waals surface area (Å²) in [6, 6.07) is 7.14. The SMILES string of the molecule is O=C(c1cnc2c(ccn2-c2ccc(O)nc2)c1)N1CCCCC1. The van der Waals surface area contributed by atoms with Gasteiger partial charge < -0.3 is 10.0 Å². The molecule has 1 saturated heterocycles. The Labute approximate surface area is 139 Å². The van der Waals surface area contributed by atoms with Crippen molar-refractivity contribution in [2.75, 3.05) is 13.1 Å². The predicted molar refractivity (Wildman–Crippen MR) is 90.3 cm³/mol. The van der Waals surface area contributed by atoms with E-state index in [4.69, 9.17) is 0 Å². The fourth-order valence-corrected chi connectivity index (χ4v) is 3.15. The van der Waals surface area contributed by atoms with Gasteiger partial charge in [0.1, 0.15) is 5.65 Å². The van der Waals surface area contributed by atoms with Gasteiger partial charge >= 0.3 is 0 Å². The summed E-state index contributed by atoms with van der Waals surface area (Å²) in [5.41, 5.74) is 2.20. The largest absolute Gasteiger partial charge is 0.493 e. The Hall–Kier alpha value is -2.89. The maximum atomic E-state index is 12.6. The number of fused-ring (bicyclic) bond motifs is 1. The number of amides is 1. The third-order valence-electron chi connectivity index (χ3n) is 4.43. The molecule has 0 atom stereocenters. The van der Waals surface area contributed by atoms with E-state index in [2.05, 4.69) is 9.97 Å². The molecule has 0 spiro atoms. The van der Waals surface area contributed by atoms with Crippen LogP contribution in [-0.4, -0.2) is 43.5 Å². The van der Waals surface area contributed by atoms with Gasteiger partial charge in [-0.1, -0.05) is 0 Å². The zero-order chi connectivity index (χ0) is 16.5. The summed E-state index contributed by atoms with van der Waals surface area (Å²) in [5.74, 6) is 0.0423. The maximum absolute atomic E-state index is 12.6. The molecule has 1 amide bonds. The van der Waals surface area contributed by atoms with Gasteiger partial charge in [0.05, 0.1) is 17.4 Å². The van der Waals surface area contributed by atoms with E-state index in [0.717, 1.165) is 42.7 Å². The van der Waals surface area contributed by atoms with Crippen LogP contribution in [-0.2, 0) is 0 Å². The molecule has 0 radical (unpaired) electrons. The summed E-state index contributed by atoms with van der Waals surface area (Å²) >= 11 is 0. The number of hydrogen-bond acceptors (Lipinski definition) is 4. The lowest BCUT2D eigenvalue weighted by Crippen LogP contribution is -2.35. The summed E-state index contributed by atoms with van der Waals surface area (Å²) < 4.78 is 1.89. The van der Waals surface area contributed by atoms with E-state index in [1.807, 2.05) is 27.8 Å². The highest BCUT2D eigenvalue weighted by Gasteiger charge is 2.19. The van der Waals surface area contributed by atoms with Crippen molar-refractivity contribution in [1.29, 1.82) is 0 Å². The van der Waals surface area contributed by atoms with Crippen LogP contribution in [0.2, 0.25) is 0 Å². The lowest BCUT2D eigenvalue weighted by atomic mass is 10.1. The molecule has 0 aromatic carbocycles. The van der Waals surface area contributed by atoms with Crippen LogP contribution in [0.25, 0.3) is 16.7 Å². The Morgan fingerprint density at radius 3 is 2.62 bits per heavy atom. The first-order chi connectivity index (χ1) is 11.7. The minimum atomic E-state index is -0.0161. The molecule has 122 valence electrons. The van der Waals surface area contributed by atoms with E-state index in [-0.39, 0.29) is 11.8 Å². The van der Waals surface area contributed by atoms with Crippen molar-refractivity contribution in [3.8, 4) is 11.6 Å². The third-order valence-corrected chi connectivity index (χ3v) is 4.43. The second-order valence-corrected chi connectivity index (χ2v) is 6.05. The van der Waals surface area contributed by atoms with Crippen molar-refractivity contribution in [2.24, 2.45) is 0 Å². The van der Waals surface area contributed by atoms with E-state index >= 15 is 0 Å². The molecule has 3 aromatic rings. The van der Waals surface area contributed by atoms with Crippen LogP contribution < -0.4 is 0 Å². The number of pyridine rings is 2. The number of piperidine rings is 1. The lowest BCUT2D eigenvalue weighted by molar-refractivity contribution is 0.0724. The van der Waals surface area contributed by atoms with Gasteiger partial charge in [-0.15, -0.1) is 0 Å². The van der Waals surface area contributed by atoms with Gasteiger partial charge in [-0.25, -0.2) is 9.97 Å². The average Bonchev–Trinajstić information content (AvgIpc) is 3.05. The van der Waals surface area contributed by atoms with Crippen molar-refractivity contribution < 1.29 is 9.90 Å². The zero-order valence-corrected chi connectivity index (χ0v) is 13.2. The van der Waals surface area contributed by atoms with Gasteiger partial charge in [-0.3, -0.25) is 9.36 Å². The molecule has 24 heavy (non-hydrogen) atoms. The highest BCUT2D eigenvalue weighted by molar-refractivity contribution is 5.97. The van der Waals surface area contributed by atoms with E-state index in [1.54, 1.807) is 18.5 Å². The number of aromatic hydroxyl groups is 1. The Kier molecular flexibility index (Phi) is 3.65. The van der Waals surface area contributed by atoms with Crippen LogP contribution >= 0.6 is 0 Å². The van der Waals surface area contributed by atoms with Crippen LogP contribution in [0.15, 0.2) is 42.9 Å². The Bertz CT molecular complexity index is 880. The standard InChI is InChI=1S/C18H18N4O2/c23-16-5-4-15(12-19-16)22-9-6-13-10-14(11-20-17(13)22)18(24)21-7-2-1-3-8-21/h4-6,9-12H,1-3,7-8H2,(H,19,23). The summed E-state index contributed by atoms with van der Waals surface area (Å²) in [6.07, 6.45) is 8.47. The number of likely N-dealkylation sites (tertiary alicyclic amines) is 1. The minimum Gasteiger partial charge on any atom is -0.493 e. The molecule has 0 saturated carbocycles. The molecule has 6 heteroatoms. The maximum Gasteiger partial charge on any atom is 0.255 e. The molecule has 4 rings (SSSR count). The monoisotopic (exact) mass is 322 g/mol. The molecule has 3 aromatic heterocycles. The zero-order valence-electron chi connectivity index (χ0n) is 13.2. The van der Waals surface area contributed by atoms with Gasteiger partial charge in [0, 0.05) is 36.9 Å². The molecule has 1 fully saturated rings. The number of carbonyl (C=O) groups is 1. The first-order valence-corrected chi connectivity index (χ1v) is 8.14. The number of hydrogen-bond donors (Lipinski definition) is 1. The summed E-state index contributed by atoms with van der Waals surface area (Å²) in [4.78, 5) is 22.9. The second-order valence-electron chi connectivity index (χ2n) is 6.05. The Morgan fingerprint density at radius 2 is 1.88 bits per heavy atom. The normalized spacial score (nSPS) is 14.9. The van der Waals surface area contributed by atoms with Gasteiger partial charge in [0.25, 0.3) is 5.91 Å². The van der Waals surface area contributed by atoms with Gasteiger partial charge in [0.15, 0.2) is 0 Å². The van der Waals surface area contributed by atoms with Crippen LogP contribution in [0, 0.1) is 0 Å². The van der Waals surface area contributed by atoms with Crippen LogP contribution in [0.1, 0.15) is 29.6 Å². The molecule has 0 unspecified atom stereocenters. The first-order valence-electron chi connectivity index (χ1n) is 8.14. The van der Waals surface area contributed by atoms with Gasteiger partial charge in [0.2, 0.25) is 5.88 Å². The quantitative estimate of drug-likeness (QED) is 0.787. The highest BCUT2D eigenvalue weighted by atomic mass is 16.3. The van der Waals surface area contributed by atoms with Crippen LogP contribution in [0.5, 0.6) is 5.88 Å².